The summed E-state index contributed by atoms with van der Waals surface area (Å²) >= 11 is 0. The molecule has 0 aliphatic heterocycles. The van der Waals surface area contributed by atoms with E-state index in [0.717, 1.165) is 27.7 Å². The van der Waals surface area contributed by atoms with Crippen LogP contribution in [0.15, 0.2) is 0 Å². The van der Waals surface area contributed by atoms with Crippen molar-refractivity contribution in [2.45, 2.75) is 27.7 Å². The molecule has 0 aromatic carbocycles. The first-order chi connectivity index (χ1) is 9.08. The van der Waals surface area contributed by atoms with Gasteiger partial charge in [-0.3, -0.25) is 19.2 Å². The second kappa shape index (κ2) is 26.9. The number of hydrogen-bond acceptors (Lipinski definition) is 12. The summed E-state index contributed by atoms with van der Waals surface area (Å²) in [6.45, 7) is 4.19. The van der Waals surface area contributed by atoms with E-state index in [1.54, 1.807) is 0 Å². The van der Waals surface area contributed by atoms with Gasteiger partial charge >= 0.3 is 21.7 Å². The summed E-state index contributed by atoms with van der Waals surface area (Å²) in [5.74, 6) is -3.20. The van der Waals surface area contributed by atoms with E-state index in [1.807, 2.05) is 0 Å². The molecule has 12 nitrogen and oxygen atoms in total. The van der Waals surface area contributed by atoms with Crippen molar-refractivity contribution in [3.63, 3.8) is 0 Å². The monoisotopic (exact) mass is 348 g/mol. The minimum absolute atomic E-state index is 0. The zero-order valence-electron chi connectivity index (χ0n) is 11.4. The van der Waals surface area contributed by atoms with Gasteiger partial charge < -0.3 is 40.6 Å². The van der Waals surface area contributed by atoms with Crippen molar-refractivity contribution in [3.05, 3.63) is 0 Å². The molecule has 120 valence electrons. The smallest absolute Gasteiger partial charge is 0.662 e. The Labute approximate surface area is 133 Å². The van der Waals surface area contributed by atoms with Crippen molar-refractivity contribution in [3.8, 4) is 0 Å². The maximum absolute atomic E-state index is 9.28. The van der Waals surface area contributed by atoms with Crippen molar-refractivity contribution < 1.29 is 81.5 Å². The fourth-order valence-electron chi connectivity index (χ4n) is 0. The summed E-state index contributed by atoms with van der Waals surface area (Å²) in [6.07, 6.45) is 0. The van der Waals surface area contributed by atoms with Crippen LogP contribution in [0.1, 0.15) is 27.7 Å². The minimum atomic E-state index is -0.801. The standard InChI is InChI=1S/4C2H4O3.Ti/c4*1-2(3)5-4;/h4*4H,1H3;/q;;;;+4/p-4. The van der Waals surface area contributed by atoms with Gasteiger partial charge in [0.25, 0.3) is 23.9 Å². The van der Waals surface area contributed by atoms with E-state index in [2.05, 4.69) is 19.6 Å². The number of hydrogen-bond donors (Lipinski definition) is 0. The molecule has 0 aromatic rings. The summed E-state index contributed by atoms with van der Waals surface area (Å²) in [5.41, 5.74) is 0. The maximum Gasteiger partial charge on any atom is 4.00 e. The predicted molar refractivity (Wildman–Crippen MR) is 47.1 cm³/mol. The zero-order chi connectivity index (χ0) is 17.1. The Kier molecular flexibility index (Phi) is 40.6. The maximum atomic E-state index is 9.28. The number of rotatable bonds is 0. The molecule has 0 atom stereocenters. The average molecular weight is 348 g/mol. The molecule has 0 radical (unpaired) electrons. The molecule has 0 rings (SSSR count). The molecule has 0 saturated heterocycles. The van der Waals surface area contributed by atoms with Gasteiger partial charge in [0.15, 0.2) is 0 Å². The molecular formula is C8H12O12Ti. The van der Waals surface area contributed by atoms with Crippen molar-refractivity contribution >= 4 is 23.9 Å². The third-order valence-corrected chi connectivity index (χ3v) is 0.469. The molecule has 0 N–H and O–H groups in total. The van der Waals surface area contributed by atoms with Crippen molar-refractivity contribution in [1.82, 2.24) is 0 Å². The molecule has 0 amide bonds. The normalized spacial score (nSPS) is 6.48. The van der Waals surface area contributed by atoms with Crippen LogP contribution in [0.5, 0.6) is 0 Å². The summed E-state index contributed by atoms with van der Waals surface area (Å²) in [7, 11) is 0. The molecule has 0 aliphatic rings. The van der Waals surface area contributed by atoms with E-state index in [1.165, 1.54) is 0 Å². The zero-order valence-corrected chi connectivity index (χ0v) is 13.0. The average Bonchev–Trinajstić information content (AvgIpc) is 2.40. The molecule has 0 unspecified atom stereocenters. The van der Waals surface area contributed by atoms with Gasteiger partial charge in [0, 0.05) is 27.7 Å². The van der Waals surface area contributed by atoms with Crippen LogP contribution in [0.25, 0.3) is 0 Å². The van der Waals surface area contributed by atoms with E-state index in [9.17, 15) is 19.2 Å². The van der Waals surface area contributed by atoms with Crippen LogP contribution in [0.4, 0.5) is 0 Å². The topological polar surface area (TPSA) is 197 Å². The Hall–Kier alpha value is -1.57. The molecular weight excluding hydrogens is 336 g/mol. The summed E-state index contributed by atoms with van der Waals surface area (Å²) < 4.78 is 0. The van der Waals surface area contributed by atoms with E-state index in [0.29, 0.717) is 0 Å². The second-order valence-corrected chi connectivity index (χ2v) is 2.30. The molecule has 0 bridgehead atoms. The fourth-order valence-corrected chi connectivity index (χ4v) is 0. The first-order valence-corrected chi connectivity index (χ1v) is 4.30. The van der Waals surface area contributed by atoms with Crippen molar-refractivity contribution in [1.29, 1.82) is 0 Å². The first-order valence-electron chi connectivity index (χ1n) is 4.30. The fraction of sp³-hybridized carbons (Fsp3) is 0.500. The third-order valence-electron chi connectivity index (χ3n) is 0.469. The van der Waals surface area contributed by atoms with Crippen LogP contribution in [-0.2, 0) is 60.4 Å². The van der Waals surface area contributed by atoms with Gasteiger partial charge in [0.2, 0.25) is 0 Å². The predicted octanol–water partition coefficient (Wildman–Crippen LogP) is -4.70. The van der Waals surface area contributed by atoms with Crippen LogP contribution in [0, 0.1) is 0 Å². The van der Waals surface area contributed by atoms with Gasteiger partial charge in [-0.25, -0.2) is 0 Å². The van der Waals surface area contributed by atoms with E-state index in [-0.39, 0.29) is 21.7 Å². The molecule has 0 aliphatic carbocycles. The Bertz CT molecular complexity index is 222. The molecule has 0 aromatic heterocycles. The first kappa shape index (κ1) is 31.7. The quantitative estimate of drug-likeness (QED) is 0.230. The van der Waals surface area contributed by atoms with Crippen molar-refractivity contribution in [2.75, 3.05) is 0 Å². The van der Waals surface area contributed by atoms with Crippen LogP contribution < -0.4 is 21.0 Å². The Morgan fingerprint density at radius 3 is 0.571 bits per heavy atom. The molecule has 0 spiro atoms. The van der Waals surface area contributed by atoms with Gasteiger partial charge in [-0.15, -0.1) is 0 Å². The van der Waals surface area contributed by atoms with E-state index in [4.69, 9.17) is 21.0 Å². The molecule has 21 heavy (non-hydrogen) atoms. The van der Waals surface area contributed by atoms with Gasteiger partial charge in [-0.05, 0) is 0 Å². The van der Waals surface area contributed by atoms with Gasteiger partial charge in [0.05, 0.1) is 0 Å². The largest absolute Gasteiger partial charge is 4.00 e. The SMILES string of the molecule is CC(=O)O[O-].CC(=O)O[O-].CC(=O)O[O-].CC(=O)O[O-].[Ti+4]. The molecule has 0 fully saturated rings. The van der Waals surface area contributed by atoms with E-state index >= 15 is 0 Å². The summed E-state index contributed by atoms with van der Waals surface area (Å²) in [5, 5.41) is 35.1. The van der Waals surface area contributed by atoms with E-state index < -0.39 is 23.9 Å². The summed E-state index contributed by atoms with van der Waals surface area (Å²) in [4.78, 5) is 48.6. The van der Waals surface area contributed by atoms with Gasteiger partial charge in [-0.2, -0.15) is 0 Å². The van der Waals surface area contributed by atoms with Crippen LogP contribution in [0.3, 0.4) is 0 Å². The third kappa shape index (κ3) is 120. The molecule has 0 heterocycles. The number of carbonyl (C=O) groups is 4. The molecule has 13 heteroatoms. The van der Waals surface area contributed by atoms with Crippen LogP contribution in [0.2, 0.25) is 0 Å². The minimum Gasteiger partial charge on any atom is -0.662 e. The van der Waals surface area contributed by atoms with Crippen LogP contribution >= 0.6 is 0 Å². The van der Waals surface area contributed by atoms with Gasteiger partial charge in [0.1, 0.15) is 0 Å². The molecule has 0 saturated carbocycles. The van der Waals surface area contributed by atoms with Crippen LogP contribution in [-0.4, -0.2) is 23.9 Å². The number of carbonyl (C=O) groups excluding carboxylic acids is 4. The Balaban J connectivity index is -0.0000000533. The van der Waals surface area contributed by atoms with Gasteiger partial charge in [-0.1, -0.05) is 0 Å². The Morgan fingerprint density at radius 2 is 0.571 bits per heavy atom. The second-order valence-electron chi connectivity index (χ2n) is 2.30. The Morgan fingerprint density at radius 1 is 0.524 bits per heavy atom. The summed E-state index contributed by atoms with van der Waals surface area (Å²) in [6, 6.07) is 0. The van der Waals surface area contributed by atoms with Crippen molar-refractivity contribution in [2.24, 2.45) is 0 Å².